The number of nitrogens with one attached hydrogen (secondary N) is 1. The van der Waals surface area contributed by atoms with Crippen molar-refractivity contribution >= 4 is 11.7 Å². The Kier molecular flexibility index (Phi) is 6.40. The van der Waals surface area contributed by atoms with E-state index < -0.39 is 0 Å². The Labute approximate surface area is 177 Å². The van der Waals surface area contributed by atoms with Gasteiger partial charge in [0.1, 0.15) is 5.82 Å². The second kappa shape index (κ2) is 9.55. The molecule has 1 aromatic heterocycles. The number of nitrogens with zero attached hydrogens (tertiary/aromatic N) is 2. The number of carbonyl (C=O) groups excluding carboxylic acids is 1. The summed E-state index contributed by atoms with van der Waals surface area (Å²) >= 11 is 0. The van der Waals surface area contributed by atoms with Crippen molar-refractivity contribution in [1.29, 1.82) is 0 Å². The molecular weight excluding hydrogens is 374 g/mol. The molecule has 1 unspecified atom stereocenters. The van der Waals surface area contributed by atoms with Crippen LogP contribution in [0, 0.1) is 0 Å². The molecule has 0 radical (unpaired) electrons. The van der Waals surface area contributed by atoms with Gasteiger partial charge in [0.2, 0.25) is 0 Å². The van der Waals surface area contributed by atoms with Gasteiger partial charge in [-0.1, -0.05) is 60.7 Å². The number of hydrogen-bond acceptors (Lipinski definition) is 4. The smallest absolute Gasteiger partial charge is 0.255 e. The number of carbonyl (C=O) groups is 1. The van der Waals surface area contributed by atoms with Gasteiger partial charge in [0.25, 0.3) is 5.91 Å². The van der Waals surface area contributed by atoms with E-state index in [1.165, 1.54) is 0 Å². The second-order valence-electron chi connectivity index (χ2n) is 7.62. The SMILES string of the molecule is CN(Cc1ccccc1)c1nc(-c2ccccc2)ccc1C(=O)NCC1CCCO1. The number of pyridine rings is 1. The van der Waals surface area contributed by atoms with E-state index in [9.17, 15) is 4.79 Å². The zero-order valence-electron chi connectivity index (χ0n) is 17.3. The summed E-state index contributed by atoms with van der Waals surface area (Å²) in [5.41, 5.74) is 3.61. The van der Waals surface area contributed by atoms with Crippen LogP contribution in [0.25, 0.3) is 11.3 Å². The van der Waals surface area contributed by atoms with Gasteiger partial charge in [-0.05, 0) is 30.5 Å². The largest absolute Gasteiger partial charge is 0.376 e. The minimum Gasteiger partial charge on any atom is -0.376 e. The third-order valence-corrected chi connectivity index (χ3v) is 5.33. The van der Waals surface area contributed by atoms with Crippen LogP contribution >= 0.6 is 0 Å². The molecule has 1 aliphatic heterocycles. The number of hydrogen-bond donors (Lipinski definition) is 1. The lowest BCUT2D eigenvalue weighted by molar-refractivity contribution is 0.0858. The van der Waals surface area contributed by atoms with Crippen LogP contribution in [0.1, 0.15) is 28.8 Å². The molecule has 154 valence electrons. The molecule has 30 heavy (non-hydrogen) atoms. The van der Waals surface area contributed by atoms with Gasteiger partial charge >= 0.3 is 0 Å². The van der Waals surface area contributed by atoms with E-state index in [2.05, 4.69) is 17.4 Å². The maximum atomic E-state index is 13.0. The predicted octanol–water partition coefficient (Wildman–Crippen LogP) is 4.29. The van der Waals surface area contributed by atoms with Gasteiger partial charge in [-0.2, -0.15) is 0 Å². The Morgan fingerprint density at radius 2 is 1.80 bits per heavy atom. The summed E-state index contributed by atoms with van der Waals surface area (Å²) in [5, 5.41) is 3.03. The molecule has 1 N–H and O–H groups in total. The van der Waals surface area contributed by atoms with Crippen LogP contribution in [0.4, 0.5) is 5.82 Å². The van der Waals surface area contributed by atoms with Crippen molar-refractivity contribution in [2.45, 2.75) is 25.5 Å². The van der Waals surface area contributed by atoms with E-state index in [-0.39, 0.29) is 12.0 Å². The summed E-state index contributed by atoms with van der Waals surface area (Å²) in [6.45, 7) is 1.97. The number of benzene rings is 2. The highest BCUT2D eigenvalue weighted by Gasteiger charge is 2.20. The molecule has 0 aliphatic carbocycles. The molecule has 1 saturated heterocycles. The number of ether oxygens (including phenoxy) is 1. The van der Waals surface area contributed by atoms with E-state index in [1.807, 2.05) is 72.6 Å². The third kappa shape index (κ3) is 4.86. The standard InChI is InChI=1S/C25H27N3O2/c1-28(18-19-9-4-2-5-10-19)24-22(25(29)26-17-21-13-8-16-30-21)14-15-23(27-24)20-11-6-3-7-12-20/h2-7,9-12,14-15,21H,8,13,16-18H2,1H3,(H,26,29). The lowest BCUT2D eigenvalue weighted by atomic mass is 10.1. The van der Waals surface area contributed by atoms with Gasteiger partial charge in [0.05, 0.1) is 17.4 Å². The highest BCUT2D eigenvalue weighted by molar-refractivity contribution is 5.99. The zero-order chi connectivity index (χ0) is 20.8. The Balaban J connectivity index is 1.61. The molecule has 1 fully saturated rings. The molecule has 0 spiro atoms. The van der Waals surface area contributed by atoms with Crippen LogP contribution in [-0.2, 0) is 11.3 Å². The van der Waals surface area contributed by atoms with Crippen LogP contribution in [-0.4, -0.2) is 37.2 Å². The fraction of sp³-hybridized carbons (Fsp3) is 0.280. The van der Waals surface area contributed by atoms with Crippen molar-refractivity contribution in [1.82, 2.24) is 10.3 Å². The molecule has 1 aliphatic rings. The molecule has 1 amide bonds. The fourth-order valence-electron chi connectivity index (χ4n) is 3.73. The van der Waals surface area contributed by atoms with Crippen LogP contribution in [0.3, 0.4) is 0 Å². The minimum atomic E-state index is -0.118. The molecule has 4 rings (SSSR count). The minimum absolute atomic E-state index is 0.107. The van der Waals surface area contributed by atoms with Gasteiger partial charge < -0.3 is 15.0 Å². The van der Waals surface area contributed by atoms with Crippen LogP contribution in [0.2, 0.25) is 0 Å². The van der Waals surface area contributed by atoms with Crippen molar-refractivity contribution in [3.63, 3.8) is 0 Å². The van der Waals surface area contributed by atoms with Gasteiger partial charge in [-0.15, -0.1) is 0 Å². The van der Waals surface area contributed by atoms with Gasteiger partial charge in [0, 0.05) is 32.3 Å². The molecule has 2 heterocycles. The number of anilines is 1. The van der Waals surface area contributed by atoms with Crippen LogP contribution < -0.4 is 10.2 Å². The van der Waals surface area contributed by atoms with Crippen molar-refractivity contribution in [3.8, 4) is 11.3 Å². The van der Waals surface area contributed by atoms with Crippen molar-refractivity contribution in [2.75, 3.05) is 25.1 Å². The average Bonchev–Trinajstić information content (AvgIpc) is 3.32. The van der Waals surface area contributed by atoms with E-state index >= 15 is 0 Å². The molecular formula is C25H27N3O2. The topological polar surface area (TPSA) is 54.5 Å². The Morgan fingerprint density at radius 3 is 2.50 bits per heavy atom. The van der Waals surface area contributed by atoms with Crippen molar-refractivity contribution in [2.24, 2.45) is 0 Å². The van der Waals surface area contributed by atoms with E-state index in [0.29, 0.717) is 24.5 Å². The average molecular weight is 402 g/mol. The monoisotopic (exact) mass is 401 g/mol. The quantitative estimate of drug-likeness (QED) is 0.642. The second-order valence-corrected chi connectivity index (χ2v) is 7.62. The molecule has 1 atom stereocenters. The number of aromatic nitrogens is 1. The fourth-order valence-corrected chi connectivity index (χ4v) is 3.73. The highest BCUT2D eigenvalue weighted by atomic mass is 16.5. The Bertz CT molecular complexity index is 970. The normalized spacial score (nSPS) is 15.7. The molecule has 3 aromatic rings. The summed E-state index contributed by atoms with van der Waals surface area (Å²) in [5.74, 6) is 0.553. The summed E-state index contributed by atoms with van der Waals surface area (Å²) in [6.07, 6.45) is 2.15. The van der Waals surface area contributed by atoms with E-state index in [1.54, 1.807) is 0 Å². The Hall–Kier alpha value is -3.18. The summed E-state index contributed by atoms with van der Waals surface area (Å²) in [6, 6.07) is 24.0. The first-order valence-electron chi connectivity index (χ1n) is 10.4. The van der Waals surface area contributed by atoms with E-state index in [0.717, 1.165) is 36.3 Å². The first-order chi connectivity index (χ1) is 14.7. The maximum absolute atomic E-state index is 13.0. The van der Waals surface area contributed by atoms with E-state index in [4.69, 9.17) is 9.72 Å². The zero-order valence-corrected chi connectivity index (χ0v) is 17.3. The number of amides is 1. The molecule has 0 saturated carbocycles. The molecule has 0 bridgehead atoms. The highest BCUT2D eigenvalue weighted by Crippen LogP contribution is 2.25. The van der Waals surface area contributed by atoms with Crippen LogP contribution in [0.5, 0.6) is 0 Å². The van der Waals surface area contributed by atoms with Gasteiger partial charge in [-0.25, -0.2) is 4.98 Å². The molecule has 2 aromatic carbocycles. The van der Waals surface area contributed by atoms with Crippen molar-refractivity contribution in [3.05, 3.63) is 83.9 Å². The number of rotatable bonds is 7. The van der Waals surface area contributed by atoms with Crippen molar-refractivity contribution < 1.29 is 9.53 Å². The lowest BCUT2D eigenvalue weighted by Crippen LogP contribution is -2.33. The van der Waals surface area contributed by atoms with Gasteiger partial charge in [0.15, 0.2) is 0 Å². The summed E-state index contributed by atoms with van der Waals surface area (Å²) < 4.78 is 5.63. The summed E-state index contributed by atoms with van der Waals surface area (Å²) in [4.78, 5) is 19.9. The maximum Gasteiger partial charge on any atom is 0.255 e. The van der Waals surface area contributed by atoms with Gasteiger partial charge in [-0.3, -0.25) is 4.79 Å². The molecule has 5 heteroatoms. The first kappa shape index (κ1) is 20.1. The Morgan fingerprint density at radius 1 is 1.07 bits per heavy atom. The summed E-state index contributed by atoms with van der Waals surface area (Å²) in [7, 11) is 1.97. The predicted molar refractivity (Wildman–Crippen MR) is 120 cm³/mol. The molecule has 5 nitrogen and oxygen atoms in total. The lowest BCUT2D eigenvalue weighted by Gasteiger charge is -2.22. The first-order valence-corrected chi connectivity index (χ1v) is 10.4. The third-order valence-electron chi connectivity index (χ3n) is 5.33. The van der Waals surface area contributed by atoms with Crippen LogP contribution in [0.15, 0.2) is 72.8 Å².